The molecule has 146 valence electrons. The number of carbonyl (C=O) groups is 1. The lowest BCUT2D eigenvalue weighted by Gasteiger charge is -2.32. The van der Waals surface area contributed by atoms with E-state index in [1.807, 2.05) is 0 Å². The Balaban J connectivity index is 1.90. The van der Waals surface area contributed by atoms with Crippen molar-refractivity contribution in [3.8, 4) is 0 Å². The van der Waals surface area contributed by atoms with E-state index in [2.05, 4.69) is 10.1 Å². The zero-order valence-corrected chi connectivity index (χ0v) is 14.1. The van der Waals surface area contributed by atoms with Crippen LogP contribution in [-0.2, 0) is 11.2 Å². The molecule has 1 N–H and O–H groups in total. The largest absolute Gasteiger partial charge is 0.438 e. The minimum absolute atomic E-state index is 0.0319. The van der Waals surface area contributed by atoms with Gasteiger partial charge in [0.1, 0.15) is 0 Å². The van der Waals surface area contributed by atoms with Crippen molar-refractivity contribution in [3.05, 3.63) is 70.0 Å². The smallest absolute Gasteiger partial charge is 0.362 e. The van der Waals surface area contributed by atoms with Crippen LogP contribution in [-0.4, -0.2) is 43.5 Å². The summed E-state index contributed by atoms with van der Waals surface area (Å²) in [5.41, 5.74) is -3.28. The first-order valence-corrected chi connectivity index (χ1v) is 7.95. The number of pyridine rings is 1. The average Bonchev–Trinajstić information content (AvgIpc) is 3.02. The molecule has 2 heterocycles. The second kappa shape index (κ2) is 7.00. The average molecular weight is 394 g/mol. The summed E-state index contributed by atoms with van der Waals surface area (Å²) in [6.45, 7) is 0. The third kappa shape index (κ3) is 3.56. The van der Waals surface area contributed by atoms with Gasteiger partial charge in [-0.2, -0.15) is 23.3 Å². The summed E-state index contributed by atoms with van der Waals surface area (Å²) in [6.07, 6.45) is -3.88. The Labute approximate surface area is 156 Å². The van der Waals surface area contributed by atoms with Crippen LogP contribution in [0.4, 0.5) is 18.9 Å². The van der Waals surface area contributed by atoms with Crippen LogP contribution in [0.5, 0.6) is 0 Å². The van der Waals surface area contributed by atoms with Crippen molar-refractivity contribution in [1.82, 2.24) is 9.99 Å². The van der Waals surface area contributed by atoms with Crippen LogP contribution in [0.3, 0.4) is 0 Å². The Bertz CT molecular complexity index is 932. The maximum absolute atomic E-state index is 13.5. The number of hydrazone groups is 1. The quantitative estimate of drug-likeness (QED) is 0.633. The number of hydrogen-bond acceptors (Lipinski definition) is 6. The van der Waals surface area contributed by atoms with Crippen molar-refractivity contribution in [2.45, 2.75) is 24.7 Å². The summed E-state index contributed by atoms with van der Waals surface area (Å²) in [6, 6.07) is 7.61. The standard InChI is InChI=1S/C17H13F3N4O4/c18-17(19,20)16(26)10-14(12-5-7-21-8-6-12)22-23(16)15(25)9-11-1-3-13(4-2-11)24(27)28/h1-8,26H,9-10H2/t16-/m0/s1. The summed E-state index contributed by atoms with van der Waals surface area (Å²) in [4.78, 5) is 26.3. The molecule has 1 aromatic heterocycles. The molecule has 28 heavy (non-hydrogen) atoms. The van der Waals surface area contributed by atoms with Crippen LogP contribution < -0.4 is 0 Å². The molecule has 0 radical (unpaired) electrons. The van der Waals surface area contributed by atoms with Gasteiger partial charge in [-0.1, -0.05) is 12.1 Å². The molecule has 0 aliphatic carbocycles. The number of aromatic nitrogens is 1. The summed E-state index contributed by atoms with van der Waals surface area (Å²) >= 11 is 0. The topological polar surface area (TPSA) is 109 Å². The van der Waals surface area contributed by atoms with Gasteiger partial charge in [-0.25, -0.2) is 0 Å². The number of amides is 1. The number of halogens is 3. The molecule has 1 amide bonds. The van der Waals surface area contributed by atoms with Crippen molar-refractivity contribution in [1.29, 1.82) is 0 Å². The van der Waals surface area contributed by atoms with Crippen LogP contribution >= 0.6 is 0 Å². The van der Waals surface area contributed by atoms with Crippen LogP contribution in [0, 0.1) is 10.1 Å². The van der Waals surface area contributed by atoms with E-state index < -0.39 is 35.6 Å². The number of nitro groups is 1. The molecule has 0 saturated heterocycles. The van der Waals surface area contributed by atoms with Gasteiger partial charge >= 0.3 is 6.18 Å². The first kappa shape index (κ1) is 19.4. The molecule has 1 atom stereocenters. The molecule has 11 heteroatoms. The number of hydrogen-bond donors (Lipinski definition) is 1. The summed E-state index contributed by atoms with van der Waals surface area (Å²) in [5.74, 6) is -1.10. The first-order chi connectivity index (χ1) is 13.1. The number of nitro benzene ring substituents is 1. The van der Waals surface area contributed by atoms with E-state index >= 15 is 0 Å². The van der Waals surface area contributed by atoms with E-state index in [1.54, 1.807) is 0 Å². The zero-order chi connectivity index (χ0) is 20.5. The Hall–Kier alpha value is -3.34. The number of alkyl halides is 3. The van der Waals surface area contributed by atoms with Crippen LogP contribution in [0.1, 0.15) is 17.5 Å². The molecule has 0 bridgehead atoms. The molecule has 1 aliphatic heterocycles. The lowest BCUT2D eigenvalue weighted by atomic mass is 10.0. The highest BCUT2D eigenvalue weighted by molar-refractivity contribution is 6.03. The fraction of sp³-hybridized carbons (Fsp3) is 0.235. The molecular weight excluding hydrogens is 381 g/mol. The molecule has 0 fully saturated rings. The molecular formula is C17H13F3N4O4. The monoisotopic (exact) mass is 394 g/mol. The Morgan fingerprint density at radius 2 is 1.82 bits per heavy atom. The van der Waals surface area contributed by atoms with Gasteiger partial charge in [-0.15, -0.1) is 0 Å². The normalized spacial score (nSPS) is 19.4. The fourth-order valence-electron chi connectivity index (χ4n) is 2.72. The molecule has 0 saturated carbocycles. The minimum Gasteiger partial charge on any atom is -0.362 e. The van der Waals surface area contributed by atoms with Gasteiger partial charge in [0, 0.05) is 30.1 Å². The van der Waals surface area contributed by atoms with Crippen molar-refractivity contribution < 1.29 is 28.0 Å². The lowest BCUT2D eigenvalue weighted by Crippen LogP contribution is -2.57. The van der Waals surface area contributed by atoms with E-state index in [0.717, 1.165) is 12.1 Å². The number of rotatable bonds is 4. The third-order valence-electron chi connectivity index (χ3n) is 4.19. The molecule has 1 aromatic carbocycles. The van der Waals surface area contributed by atoms with Crippen molar-refractivity contribution >= 4 is 17.3 Å². The minimum atomic E-state index is -5.14. The van der Waals surface area contributed by atoms with E-state index in [9.17, 15) is 33.2 Å². The van der Waals surface area contributed by atoms with Gasteiger partial charge in [-0.05, 0) is 17.7 Å². The first-order valence-electron chi connectivity index (χ1n) is 7.95. The maximum atomic E-state index is 13.5. The molecule has 0 unspecified atom stereocenters. The van der Waals surface area contributed by atoms with Crippen LogP contribution in [0.2, 0.25) is 0 Å². The van der Waals surface area contributed by atoms with Gasteiger partial charge in [0.2, 0.25) is 5.91 Å². The fourth-order valence-corrected chi connectivity index (χ4v) is 2.72. The maximum Gasteiger partial charge on any atom is 0.438 e. The van der Waals surface area contributed by atoms with Crippen molar-refractivity contribution in [2.24, 2.45) is 5.10 Å². The highest BCUT2D eigenvalue weighted by Crippen LogP contribution is 2.41. The van der Waals surface area contributed by atoms with Gasteiger partial charge in [0.25, 0.3) is 11.4 Å². The summed E-state index contributed by atoms with van der Waals surface area (Å²) in [7, 11) is 0. The number of carbonyl (C=O) groups excluding carboxylic acids is 1. The Morgan fingerprint density at radius 3 is 2.36 bits per heavy atom. The predicted molar refractivity (Wildman–Crippen MR) is 90.0 cm³/mol. The Morgan fingerprint density at radius 1 is 1.21 bits per heavy atom. The number of nitrogens with zero attached hydrogens (tertiary/aromatic N) is 4. The van der Waals surface area contributed by atoms with Gasteiger partial charge in [0.15, 0.2) is 0 Å². The predicted octanol–water partition coefficient (Wildman–Crippen LogP) is 2.42. The molecule has 2 aromatic rings. The molecule has 8 nitrogen and oxygen atoms in total. The van der Waals surface area contributed by atoms with E-state index in [4.69, 9.17) is 0 Å². The second-order valence-corrected chi connectivity index (χ2v) is 6.08. The molecule has 0 spiro atoms. The van der Waals surface area contributed by atoms with E-state index in [1.165, 1.54) is 36.7 Å². The van der Waals surface area contributed by atoms with Crippen molar-refractivity contribution in [2.75, 3.05) is 0 Å². The number of aliphatic hydroxyl groups is 1. The second-order valence-electron chi connectivity index (χ2n) is 6.08. The SMILES string of the molecule is O=C(Cc1ccc([N+](=O)[O-])cc1)N1N=C(c2ccncc2)C[C@]1(O)C(F)(F)F. The van der Waals surface area contributed by atoms with Gasteiger partial charge < -0.3 is 5.11 Å². The Kier molecular flexibility index (Phi) is 4.86. The highest BCUT2D eigenvalue weighted by atomic mass is 19.4. The van der Waals surface area contributed by atoms with Gasteiger partial charge in [0.05, 0.1) is 23.5 Å². The van der Waals surface area contributed by atoms with E-state index in [-0.39, 0.29) is 22.0 Å². The number of non-ortho nitro benzene ring substituents is 1. The zero-order valence-electron chi connectivity index (χ0n) is 14.1. The summed E-state index contributed by atoms with van der Waals surface area (Å²) in [5, 5.41) is 24.7. The third-order valence-corrected chi connectivity index (χ3v) is 4.19. The van der Waals surface area contributed by atoms with Crippen molar-refractivity contribution in [3.63, 3.8) is 0 Å². The summed E-state index contributed by atoms with van der Waals surface area (Å²) < 4.78 is 40.6. The van der Waals surface area contributed by atoms with E-state index in [0.29, 0.717) is 5.56 Å². The highest BCUT2D eigenvalue weighted by Gasteiger charge is 2.63. The molecule has 1 aliphatic rings. The van der Waals surface area contributed by atoms with Crippen LogP contribution in [0.25, 0.3) is 0 Å². The number of benzene rings is 1. The van der Waals surface area contributed by atoms with Crippen LogP contribution in [0.15, 0.2) is 53.9 Å². The van der Waals surface area contributed by atoms with Gasteiger partial charge in [-0.3, -0.25) is 19.9 Å². The lowest BCUT2D eigenvalue weighted by molar-refractivity contribution is -0.384. The molecule has 3 rings (SSSR count).